The number of benzene rings is 1. The van der Waals surface area contributed by atoms with E-state index in [0.29, 0.717) is 0 Å². The van der Waals surface area contributed by atoms with Gasteiger partial charge in [0.25, 0.3) is 0 Å². The molecule has 1 aromatic rings. The van der Waals surface area contributed by atoms with Crippen LogP contribution in [0, 0.1) is 29.6 Å². The molecule has 28 heavy (non-hydrogen) atoms. The summed E-state index contributed by atoms with van der Waals surface area (Å²) < 4.78 is 0. The highest BCUT2D eigenvalue weighted by atomic mass is 14.4. The molecule has 0 heterocycles. The molecule has 0 aromatic heterocycles. The smallest absolute Gasteiger partial charge is 0.0245 e. The van der Waals surface area contributed by atoms with Gasteiger partial charge in [-0.05, 0) is 123 Å². The Hall–Kier alpha value is -1.04. The first-order valence-electron chi connectivity index (χ1n) is 12.5. The average molecular weight is 379 g/mol. The van der Waals surface area contributed by atoms with Gasteiger partial charge in [-0.25, -0.2) is 0 Å². The first kappa shape index (κ1) is 20.2. The fourth-order valence-electron chi connectivity index (χ4n) is 6.84. The summed E-state index contributed by atoms with van der Waals surface area (Å²) in [7, 11) is 0. The fraction of sp³-hybridized carbons (Fsp3) is 0.714. The minimum absolute atomic E-state index is 0.966. The molecule has 0 heteroatoms. The summed E-state index contributed by atoms with van der Waals surface area (Å²) in [6, 6.07) is 7.46. The van der Waals surface area contributed by atoms with Gasteiger partial charge in [0, 0.05) is 0 Å². The van der Waals surface area contributed by atoms with Crippen LogP contribution in [0.1, 0.15) is 94.2 Å². The van der Waals surface area contributed by atoms with Gasteiger partial charge in [0.1, 0.15) is 0 Å². The van der Waals surface area contributed by atoms with Crippen LogP contribution < -0.4 is 0 Å². The Morgan fingerprint density at radius 1 is 0.929 bits per heavy atom. The average Bonchev–Trinajstić information content (AvgIpc) is 2.75. The Kier molecular flexibility index (Phi) is 6.97. The van der Waals surface area contributed by atoms with Crippen molar-refractivity contribution in [2.45, 2.75) is 96.8 Å². The molecule has 0 saturated heterocycles. The van der Waals surface area contributed by atoms with Crippen LogP contribution in [-0.4, -0.2) is 0 Å². The van der Waals surface area contributed by atoms with Crippen LogP contribution in [0.25, 0.3) is 0 Å². The van der Waals surface area contributed by atoms with Crippen molar-refractivity contribution in [3.05, 3.63) is 47.5 Å². The Balaban J connectivity index is 1.31. The predicted octanol–water partition coefficient (Wildman–Crippen LogP) is 7.93. The highest BCUT2D eigenvalue weighted by Gasteiger charge is 2.38. The lowest BCUT2D eigenvalue weighted by Crippen LogP contribution is -2.35. The molecule has 4 rings (SSSR count). The molecular formula is C28H42. The molecular weight excluding hydrogens is 336 g/mol. The molecule has 0 N–H and O–H groups in total. The van der Waals surface area contributed by atoms with Crippen molar-refractivity contribution in [1.29, 1.82) is 0 Å². The number of rotatable bonds is 7. The molecule has 1 aromatic carbocycles. The largest absolute Gasteiger partial charge is 0.103 e. The maximum atomic E-state index is 3.92. The van der Waals surface area contributed by atoms with Crippen LogP contribution in [0.3, 0.4) is 0 Å². The van der Waals surface area contributed by atoms with E-state index in [2.05, 4.69) is 37.8 Å². The van der Waals surface area contributed by atoms with E-state index in [-0.39, 0.29) is 0 Å². The third-order valence-corrected chi connectivity index (χ3v) is 8.56. The normalized spacial score (nSPS) is 32.4. The minimum atomic E-state index is 0.966. The second-order valence-corrected chi connectivity index (χ2v) is 10.3. The fourth-order valence-corrected chi connectivity index (χ4v) is 6.84. The zero-order valence-electron chi connectivity index (χ0n) is 18.3. The molecule has 5 unspecified atom stereocenters. The summed E-state index contributed by atoms with van der Waals surface area (Å²) in [5.41, 5.74) is 4.95. The second-order valence-electron chi connectivity index (χ2n) is 10.3. The summed E-state index contributed by atoms with van der Waals surface area (Å²) in [4.78, 5) is 0. The highest BCUT2D eigenvalue weighted by Crippen LogP contribution is 2.49. The second kappa shape index (κ2) is 9.64. The summed E-state index contributed by atoms with van der Waals surface area (Å²) in [6.07, 6.45) is 22.0. The van der Waals surface area contributed by atoms with Crippen molar-refractivity contribution in [1.82, 2.24) is 0 Å². The zero-order valence-corrected chi connectivity index (χ0v) is 18.3. The van der Waals surface area contributed by atoms with Crippen LogP contribution in [0.4, 0.5) is 0 Å². The van der Waals surface area contributed by atoms with Crippen molar-refractivity contribution >= 4 is 0 Å². The molecule has 3 aliphatic carbocycles. The summed E-state index contributed by atoms with van der Waals surface area (Å²) in [6.45, 7) is 6.22. The van der Waals surface area contributed by atoms with Crippen LogP contribution in [0.2, 0.25) is 0 Å². The number of hydrogen-bond donors (Lipinski definition) is 0. The van der Waals surface area contributed by atoms with Gasteiger partial charge in [-0.3, -0.25) is 0 Å². The molecule has 0 spiro atoms. The van der Waals surface area contributed by atoms with Crippen LogP contribution in [0.15, 0.2) is 30.9 Å². The van der Waals surface area contributed by atoms with E-state index < -0.39 is 0 Å². The number of unbranched alkanes of at least 4 members (excludes halogenated alkanes) is 1. The molecule has 0 amide bonds. The minimum Gasteiger partial charge on any atom is -0.103 e. The molecule has 0 nitrogen and oxygen atoms in total. The van der Waals surface area contributed by atoms with Gasteiger partial charge in [-0.1, -0.05) is 44.0 Å². The van der Waals surface area contributed by atoms with E-state index in [9.17, 15) is 0 Å². The third-order valence-electron chi connectivity index (χ3n) is 8.56. The maximum Gasteiger partial charge on any atom is -0.0245 e. The van der Waals surface area contributed by atoms with Gasteiger partial charge >= 0.3 is 0 Å². The topological polar surface area (TPSA) is 0 Å². The number of aryl methyl sites for hydroxylation is 2. The van der Waals surface area contributed by atoms with Crippen LogP contribution in [-0.2, 0) is 19.3 Å². The summed E-state index contributed by atoms with van der Waals surface area (Å²) in [5, 5.41) is 0. The predicted molar refractivity (Wildman–Crippen MR) is 122 cm³/mol. The lowest BCUT2D eigenvalue weighted by Gasteiger charge is -2.45. The van der Waals surface area contributed by atoms with Gasteiger partial charge in [-0.2, -0.15) is 0 Å². The molecule has 154 valence electrons. The van der Waals surface area contributed by atoms with Crippen molar-refractivity contribution in [3.8, 4) is 0 Å². The first-order valence-corrected chi connectivity index (χ1v) is 12.5. The highest BCUT2D eigenvalue weighted by molar-refractivity contribution is 5.34. The number of fused-ring (bicyclic) bond motifs is 2. The van der Waals surface area contributed by atoms with E-state index in [1.165, 1.54) is 83.5 Å². The Morgan fingerprint density at radius 3 is 2.54 bits per heavy atom. The Bertz CT molecular complexity index is 641. The molecule has 2 saturated carbocycles. The lowest BCUT2D eigenvalue weighted by atomic mass is 9.61. The monoisotopic (exact) mass is 378 g/mol. The van der Waals surface area contributed by atoms with Gasteiger partial charge in [-0.15, -0.1) is 6.58 Å². The van der Waals surface area contributed by atoms with Crippen LogP contribution in [0.5, 0.6) is 0 Å². The van der Waals surface area contributed by atoms with E-state index in [0.717, 1.165) is 29.6 Å². The van der Waals surface area contributed by atoms with Crippen molar-refractivity contribution in [2.24, 2.45) is 29.6 Å². The molecule has 0 aliphatic heterocycles. The van der Waals surface area contributed by atoms with Gasteiger partial charge in [0.2, 0.25) is 0 Å². The molecule has 0 radical (unpaired) electrons. The molecule has 3 aliphatic rings. The van der Waals surface area contributed by atoms with E-state index >= 15 is 0 Å². The van der Waals surface area contributed by atoms with Crippen molar-refractivity contribution in [3.63, 3.8) is 0 Å². The summed E-state index contributed by atoms with van der Waals surface area (Å²) >= 11 is 0. The van der Waals surface area contributed by atoms with Gasteiger partial charge in [0.05, 0.1) is 0 Å². The standard InChI is InChI=1S/C28H42/c1-3-5-7-21-9-11-25-19-27(15-13-23(25)17-21)28-16-14-24-18-22(8-6-4-2)10-12-26(24)20-28/h3,10,12,18,21,23,25,27-28H,1,4-9,11,13-17,19-20H2,2H3. The van der Waals surface area contributed by atoms with E-state index in [1.54, 1.807) is 23.1 Å². The van der Waals surface area contributed by atoms with Crippen LogP contribution >= 0.6 is 0 Å². The Morgan fingerprint density at radius 2 is 1.71 bits per heavy atom. The Labute approximate surface area is 174 Å². The number of hydrogen-bond acceptors (Lipinski definition) is 0. The SMILES string of the molecule is C=CCCC1CCC2CC(C3CCc4cc(CCCC)ccc4C3)CCC2C1. The van der Waals surface area contributed by atoms with Crippen molar-refractivity contribution in [2.75, 3.05) is 0 Å². The maximum absolute atomic E-state index is 3.92. The van der Waals surface area contributed by atoms with E-state index in [1.807, 2.05) is 0 Å². The first-order chi connectivity index (χ1) is 13.8. The molecule has 0 bridgehead atoms. The summed E-state index contributed by atoms with van der Waals surface area (Å²) in [5.74, 6) is 5.08. The quantitative estimate of drug-likeness (QED) is 0.422. The molecule has 5 atom stereocenters. The van der Waals surface area contributed by atoms with E-state index in [4.69, 9.17) is 0 Å². The van der Waals surface area contributed by atoms with Gasteiger partial charge in [0.15, 0.2) is 0 Å². The number of allylic oxidation sites excluding steroid dienone is 1. The van der Waals surface area contributed by atoms with Gasteiger partial charge < -0.3 is 0 Å². The lowest BCUT2D eigenvalue weighted by molar-refractivity contribution is 0.0699. The third kappa shape index (κ3) is 4.74. The molecule has 2 fully saturated rings. The van der Waals surface area contributed by atoms with Crippen molar-refractivity contribution < 1.29 is 0 Å². The zero-order chi connectivity index (χ0) is 19.3.